The second kappa shape index (κ2) is 16.1. The molecule has 0 bridgehead atoms. The fourth-order valence-corrected chi connectivity index (χ4v) is 5.35. The molecule has 8 rings (SSSR count). The van der Waals surface area contributed by atoms with Gasteiger partial charge in [0.15, 0.2) is 0 Å². The molecule has 0 atom stereocenters. The molecule has 3 aliphatic rings. The zero-order chi connectivity index (χ0) is 29.4. The largest absolute Gasteiger partial charge is 1.00 e. The van der Waals surface area contributed by atoms with E-state index in [1.54, 1.807) is 6.34 Å². The minimum atomic E-state index is 0. The van der Waals surface area contributed by atoms with Crippen molar-refractivity contribution in [3.05, 3.63) is 150 Å². The summed E-state index contributed by atoms with van der Waals surface area (Å²) in [7, 11) is 0. The van der Waals surface area contributed by atoms with Crippen molar-refractivity contribution in [2.24, 2.45) is 9.98 Å². The number of hydrogen-bond acceptors (Lipinski definition) is 6. The molecule has 5 aromatic rings. The van der Waals surface area contributed by atoms with Gasteiger partial charge in [-0.1, -0.05) is 60.7 Å². The third-order valence-corrected chi connectivity index (χ3v) is 7.42. The number of hydrogen-bond donors (Lipinski definition) is 1. The predicted octanol–water partition coefficient (Wildman–Crippen LogP) is 5.79. The van der Waals surface area contributed by atoms with Crippen LogP contribution in [0.4, 0.5) is 0 Å². The van der Waals surface area contributed by atoms with Crippen molar-refractivity contribution in [3.8, 4) is 34.1 Å². The van der Waals surface area contributed by atoms with Gasteiger partial charge in [0.1, 0.15) is 31.0 Å². The van der Waals surface area contributed by atoms with E-state index in [1.807, 2.05) is 24.3 Å². The first-order valence-corrected chi connectivity index (χ1v) is 13.9. The summed E-state index contributed by atoms with van der Waals surface area (Å²) in [4.78, 5) is 19.7. The van der Waals surface area contributed by atoms with Gasteiger partial charge in [0, 0.05) is 0 Å². The molecule has 1 N–H and O–H groups in total. The average molecular weight is 949 g/mol. The Morgan fingerprint density at radius 1 is 0.644 bits per heavy atom. The van der Waals surface area contributed by atoms with Crippen molar-refractivity contribution in [1.29, 1.82) is 0 Å². The Kier molecular flexibility index (Phi) is 12.0. The molecule has 4 aromatic carbocycles. The molecule has 45 heavy (non-hydrogen) atoms. The molecule has 0 unspecified atom stereocenters. The molecule has 0 spiro atoms. The van der Waals surface area contributed by atoms with Crippen LogP contribution in [0.2, 0.25) is 0 Å². The Morgan fingerprint density at radius 2 is 1.16 bits per heavy atom. The predicted molar refractivity (Wildman–Crippen MR) is 169 cm³/mol. The number of nitrogens with zero attached hydrogens (tertiary/aromatic N) is 5. The summed E-state index contributed by atoms with van der Waals surface area (Å²) < 4.78 is 0. The quantitative estimate of drug-likeness (QED) is 0.136. The Balaban J connectivity index is 0.000000151. The summed E-state index contributed by atoms with van der Waals surface area (Å²) in [6.45, 7) is 0.480. The van der Waals surface area contributed by atoms with E-state index >= 15 is 0 Å². The van der Waals surface area contributed by atoms with Crippen LogP contribution in [0.15, 0.2) is 108 Å². The number of rotatable bonds is 2. The minimum Gasteiger partial charge on any atom is -0.366 e. The maximum Gasteiger partial charge on any atom is 1.00 e. The second-order valence-electron chi connectivity index (χ2n) is 10.1. The molecular weight excluding hydrogens is 922 g/mol. The standard InChI is InChI=1S/2C15H9.C7H8N6.2Au/c2*1-2-11-7-8-13-10-12-5-3-4-6-14(12)15(13)9-11;1(6-10-2-8-3-11-6)7-12-4-9-5-13-7;;/h2*3-9H,10H2;2-4H,1,5H2,(H,9,12,13);;/q2*-1;;2*+1. The van der Waals surface area contributed by atoms with Gasteiger partial charge in [-0.2, -0.15) is 0 Å². The maximum absolute atomic E-state index is 7.14. The monoisotopic (exact) mass is 948 g/mol. The number of benzene rings is 4. The van der Waals surface area contributed by atoms with Gasteiger partial charge in [-0.3, -0.25) is 16.8 Å². The molecule has 1 aliphatic heterocycles. The molecule has 2 aliphatic carbocycles. The summed E-state index contributed by atoms with van der Waals surface area (Å²) in [5.74, 6) is 6.41. The first-order valence-electron chi connectivity index (χ1n) is 13.9. The fraction of sp³-hybridized carbons (Fsp3) is 0.108. The Labute approximate surface area is 295 Å². The van der Waals surface area contributed by atoms with E-state index in [1.165, 1.54) is 57.2 Å². The van der Waals surface area contributed by atoms with Gasteiger partial charge in [0.05, 0.1) is 12.8 Å². The van der Waals surface area contributed by atoms with Crippen LogP contribution in [0.5, 0.6) is 0 Å². The molecule has 0 fully saturated rings. The van der Waals surface area contributed by atoms with E-state index in [0.29, 0.717) is 18.9 Å². The summed E-state index contributed by atoms with van der Waals surface area (Å²) in [6.07, 6.45) is 21.5. The molecule has 6 nitrogen and oxygen atoms in total. The van der Waals surface area contributed by atoms with Gasteiger partial charge >= 0.3 is 44.8 Å². The third kappa shape index (κ3) is 8.02. The second-order valence-corrected chi connectivity index (χ2v) is 10.1. The molecule has 0 saturated heterocycles. The van der Waals surface area contributed by atoms with Crippen molar-refractivity contribution in [1.82, 2.24) is 20.3 Å². The van der Waals surface area contributed by atoms with Crippen molar-refractivity contribution in [3.63, 3.8) is 0 Å². The van der Waals surface area contributed by atoms with Crippen molar-refractivity contribution in [2.45, 2.75) is 19.3 Å². The van der Waals surface area contributed by atoms with E-state index in [4.69, 9.17) is 12.8 Å². The van der Waals surface area contributed by atoms with Gasteiger partial charge in [0.2, 0.25) is 0 Å². The van der Waals surface area contributed by atoms with Crippen molar-refractivity contribution < 1.29 is 44.8 Å². The van der Waals surface area contributed by atoms with Crippen LogP contribution in [0, 0.1) is 24.7 Å². The van der Waals surface area contributed by atoms with Gasteiger partial charge in [-0.15, -0.1) is 35.4 Å². The normalized spacial score (nSPS) is 12.1. The summed E-state index contributed by atoms with van der Waals surface area (Å²) in [6, 6.07) is 29.1. The molecule has 0 saturated carbocycles. The average Bonchev–Trinajstić information content (AvgIpc) is 3.64. The first kappa shape index (κ1) is 33.5. The Morgan fingerprint density at radius 3 is 1.64 bits per heavy atom. The van der Waals surface area contributed by atoms with Crippen LogP contribution in [0.1, 0.15) is 39.2 Å². The van der Waals surface area contributed by atoms with Crippen LogP contribution < -0.4 is 5.32 Å². The van der Waals surface area contributed by atoms with E-state index < -0.39 is 0 Å². The number of aromatic nitrogens is 3. The van der Waals surface area contributed by atoms with E-state index in [0.717, 1.165) is 29.8 Å². The maximum atomic E-state index is 7.14. The third-order valence-electron chi connectivity index (χ3n) is 7.42. The van der Waals surface area contributed by atoms with E-state index in [-0.39, 0.29) is 44.8 Å². The first-order chi connectivity index (χ1) is 21.2. The fourth-order valence-electron chi connectivity index (χ4n) is 5.35. The Bertz CT molecular complexity index is 1830. The number of fused-ring (bicyclic) bond motifs is 6. The Hall–Kier alpha value is -4.37. The zero-order valence-corrected chi connectivity index (χ0v) is 28.3. The van der Waals surface area contributed by atoms with E-state index in [2.05, 4.69) is 103 Å². The summed E-state index contributed by atoms with van der Waals surface area (Å²) in [5.41, 5.74) is 12.3. The molecule has 1 aromatic heterocycles. The van der Waals surface area contributed by atoms with Crippen LogP contribution in [0.3, 0.4) is 0 Å². The molecule has 0 amide bonds. The van der Waals surface area contributed by atoms with Gasteiger partial charge in [-0.25, -0.2) is 19.9 Å². The van der Waals surface area contributed by atoms with Crippen LogP contribution in [0.25, 0.3) is 22.3 Å². The van der Waals surface area contributed by atoms with Crippen molar-refractivity contribution >= 4 is 12.2 Å². The van der Waals surface area contributed by atoms with Crippen LogP contribution in [-0.2, 0) is 64.0 Å². The number of aliphatic imine (C=N–C) groups is 2. The van der Waals surface area contributed by atoms with Gasteiger partial charge < -0.3 is 18.2 Å². The van der Waals surface area contributed by atoms with Crippen LogP contribution >= 0.6 is 0 Å². The topological polar surface area (TPSA) is 75.4 Å². The zero-order valence-electron chi connectivity index (χ0n) is 24.0. The molecular formula is C37H26Au2N6. The SMILES string of the molecule is C1=NCN=C(Cc2ncncn2)N1.[Au+].[Au+].[C-]#Cc1ccc2c(c1)-c1ccccc1C2.[C-]#Cc1ccc2c(c1)-c1ccccc1C2. The minimum absolute atomic E-state index is 0. The van der Waals surface area contributed by atoms with E-state index in [9.17, 15) is 0 Å². The molecule has 226 valence electrons. The van der Waals surface area contributed by atoms with Crippen LogP contribution in [-0.4, -0.2) is 33.8 Å². The van der Waals surface area contributed by atoms with Gasteiger partial charge in [0.25, 0.3) is 0 Å². The smallest absolute Gasteiger partial charge is 0.366 e. The van der Waals surface area contributed by atoms with Gasteiger partial charge in [-0.05, 0) is 57.3 Å². The molecule has 0 radical (unpaired) electrons. The number of amidine groups is 1. The van der Waals surface area contributed by atoms with Crippen molar-refractivity contribution in [2.75, 3.05) is 6.67 Å². The molecule has 8 heteroatoms. The summed E-state index contributed by atoms with van der Waals surface area (Å²) >= 11 is 0. The molecule has 2 heterocycles. The number of nitrogens with one attached hydrogen (secondary N) is 1. The summed E-state index contributed by atoms with van der Waals surface area (Å²) in [5, 5.41) is 2.93.